The number of hydrogen-bond donors (Lipinski definition) is 1. The number of nitrogens with zero attached hydrogens (tertiary/aromatic N) is 3. The Morgan fingerprint density at radius 3 is 2.42 bits per heavy atom. The van der Waals surface area contributed by atoms with Gasteiger partial charge >= 0.3 is 11.4 Å². The van der Waals surface area contributed by atoms with Crippen molar-refractivity contribution in [2.45, 2.75) is 24.6 Å². The van der Waals surface area contributed by atoms with E-state index in [0.717, 1.165) is 6.42 Å². The molecule has 2 aromatic rings. The Morgan fingerprint density at radius 2 is 1.65 bits per heavy atom. The van der Waals surface area contributed by atoms with Crippen molar-refractivity contribution in [1.82, 2.24) is 13.9 Å². The predicted molar refractivity (Wildman–Crippen MR) is 91.0 cm³/mol. The monoisotopic (exact) mass is 347 g/mol. The average molecular weight is 347 g/mol. The summed E-state index contributed by atoms with van der Waals surface area (Å²) in [5.41, 5.74) is 0.254. The molecule has 1 aromatic carbocycles. The van der Waals surface area contributed by atoms with Crippen LogP contribution in [0.2, 0.25) is 0 Å². The van der Waals surface area contributed by atoms with Gasteiger partial charge in [-0.3, -0.25) is 0 Å². The first kappa shape index (κ1) is 12.9. The third-order valence-corrected chi connectivity index (χ3v) is 8.81. The molecule has 1 aromatic heterocycles. The molecule has 0 saturated heterocycles. The van der Waals surface area contributed by atoms with Gasteiger partial charge in [0, 0.05) is 10.8 Å². The summed E-state index contributed by atoms with van der Waals surface area (Å²) in [6.45, 7) is 0. The van der Waals surface area contributed by atoms with Gasteiger partial charge in [-0.2, -0.15) is 0 Å². The third-order valence-electron chi connectivity index (χ3n) is 8.81. The van der Waals surface area contributed by atoms with E-state index in [-0.39, 0.29) is 34.3 Å². The highest BCUT2D eigenvalue weighted by atomic mass is 16.3. The van der Waals surface area contributed by atoms with E-state index in [1.165, 1.54) is 4.57 Å². The lowest BCUT2D eigenvalue weighted by molar-refractivity contribution is -0.00744. The molecule has 26 heavy (non-hydrogen) atoms. The zero-order valence-corrected chi connectivity index (χ0v) is 13.9. The maximum atomic E-state index is 13.3. The minimum Gasteiger partial charge on any atom is -0.389 e. The highest BCUT2D eigenvalue weighted by Gasteiger charge is 3.02. The summed E-state index contributed by atoms with van der Waals surface area (Å²) in [4.78, 5) is 26.7. The van der Waals surface area contributed by atoms with Gasteiger partial charge in [-0.05, 0) is 42.2 Å². The molecule has 130 valence electrons. The molecule has 0 unspecified atom stereocenters. The molecule has 3 heterocycles. The molecule has 6 nitrogen and oxygen atoms in total. The van der Waals surface area contributed by atoms with E-state index in [1.807, 2.05) is 36.4 Å². The fraction of sp³-hybridized carbons (Fsp3) is 0.500. The average Bonchev–Trinajstić information content (AvgIpc) is 3.40. The number of hydrogen-bond acceptors (Lipinski definition) is 3. The first-order valence-electron chi connectivity index (χ1n) is 9.53. The lowest BCUT2D eigenvalue weighted by Crippen LogP contribution is -2.53. The van der Waals surface area contributed by atoms with Crippen LogP contribution in [0.5, 0.6) is 0 Å². The summed E-state index contributed by atoms with van der Waals surface area (Å²) in [6, 6.07) is 9.41. The number of aliphatic hydroxyl groups is 1. The molecule has 5 aliphatic carbocycles. The van der Waals surface area contributed by atoms with Gasteiger partial charge in [-0.15, -0.1) is 0 Å². The molecule has 6 heteroatoms. The third kappa shape index (κ3) is 0.895. The molecule has 4 saturated carbocycles. The van der Waals surface area contributed by atoms with Crippen LogP contribution in [0.1, 0.15) is 18.5 Å². The fourth-order valence-electron chi connectivity index (χ4n) is 8.52. The molecule has 2 bridgehead atoms. The Kier molecular flexibility index (Phi) is 1.65. The van der Waals surface area contributed by atoms with E-state index < -0.39 is 6.10 Å². The quantitative estimate of drug-likeness (QED) is 0.773. The van der Waals surface area contributed by atoms with Crippen LogP contribution < -0.4 is 11.4 Å². The minimum atomic E-state index is -0.421. The van der Waals surface area contributed by atoms with E-state index in [4.69, 9.17) is 0 Å². The number of rotatable bonds is 1. The number of benzene rings is 1. The Morgan fingerprint density at radius 1 is 0.962 bits per heavy atom. The van der Waals surface area contributed by atoms with Crippen LogP contribution in [0, 0.1) is 34.5 Å². The Labute approximate surface area is 148 Å². The highest BCUT2D eigenvalue weighted by Crippen LogP contribution is 3.03. The molecule has 0 amide bonds. The van der Waals surface area contributed by atoms with Gasteiger partial charge < -0.3 is 5.11 Å². The van der Waals surface area contributed by atoms with Gasteiger partial charge in [0.25, 0.3) is 0 Å². The van der Waals surface area contributed by atoms with Crippen LogP contribution in [-0.4, -0.2) is 25.1 Å². The van der Waals surface area contributed by atoms with Crippen molar-refractivity contribution >= 4 is 0 Å². The molecule has 2 aliphatic heterocycles. The molecular weight excluding hydrogens is 330 g/mol. The normalized spacial score (nSPS) is 52.0. The lowest BCUT2D eigenvalue weighted by Gasteiger charge is -2.49. The summed E-state index contributed by atoms with van der Waals surface area (Å²) in [7, 11) is 0. The van der Waals surface area contributed by atoms with Crippen LogP contribution in [0.25, 0.3) is 5.69 Å². The van der Waals surface area contributed by atoms with Gasteiger partial charge in [0.2, 0.25) is 0 Å². The second-order valence-electron chi connectivity index (χ2n) is 9.13. The number of allylic oxidation sites excluding steroid dienone is 1. The van der Waals surface area contributed by atoms with Crippen LogP contribution in [0.15, 0.2) is 52.1 Å². The first-order valence-corrected chi connectivity index (χ1v) is 9.53. The summed E-state index contributed by atoms with van der Waals surface area (Å²) >= 11 is 0. The maximum Gasteiger partial charge on any atom is 0.352 e. The van der Waals surface area contributed by atoms with Crippen LogP contribution in [0.3, 0.4) is 0 Å². The Hall–Kier alpha value is -2.34. The van der Waals surface area contributed by atoms with Gasteiger partial charge in [0.15, 0.2) is 0 Å². The van der Waals surface area contributed by atoms with Crippen LogP contribution >= 0.6 is 0 Å². The molecule has 4 fully saturated rings. The summed E-state index contributed by atoms with van der Waals surface area (Å²) in [6.07, 6.45) is 4.47. The summed E-state index contributed by atoms with van der Waals surface area (Å²) in [5, 5.41) is 10.3. The highest BCUT2D eigenvalue weighted by molar-refractivity contribution is 5.54. The largest absolute Gasteiger partial charge is 0.389 e. The number of aliphatic hydroxyl groups excluding tert-OH is 1. The first-order chi connectivity index (χ1) is 12.6. The topological polar surface area (TPSA) is 69.2 Å². The minimum absolute atomic E-state index is 0.00898. The van der Waals surface area contributed by atoms with Crippen molar-refractivity contribution in [3.63, 3.8) is 0 Å². The van der Waals surface area contributed by atoms with E-state index in [1.54, 1.807) is 9.36 Å². The molecule has 2 spiro atoms. The van der Waals surface area contributed by atoms with Gasteiger partial charge in [0.05, 0.1) is 23.9 Å². The zero-order chi connectivity index (χ0) is 17.2. The number of aromatic nitrogens is 3. The van der Waals surface area contributed by atoms with Gasteiger partial charge in [0.1, 0.15) is 0 Å². The van der Waals surface area contributed by atoms with Crippen molar-refractivity contribution in [3.8, 4) is 5.69 Å². The van der Waals surface area contributed by atoms with Gasteiger partial charge in [-0.1, -0.05) is 30.4 Å². The molecule has 9 atom stereocenters. The number of para-hydroxylation sites is 1. The second kappa shape index (κ2) is 3.31. The molecule has 1 N–H and O–H groups in total. The standard InChI is InChI=1S/C20H17N3O3/c24-10-6-7-19-14-11-12-13(11)16(20(14,19)8-10)23-18(26)21(9-4-2-1-3-5-9)17(25)22(23)15(12)19/h1-7,10-16,24H,8H2/t10-,11+,12-,13-,14-,15+,16+,19-,20+/m0/s1. The van der Waals surface area contributed by atoms with Crippen LogP contribution in [0.4, 0.5) is 0 Å². The smallest absolute Gasteiger partial charge is 0.352 e. The van der Waals surface area contributed by atoms with E-state index in [2.05, 4.69) is 6.08 Å². The molecule has 9 rings (SSSR count). The van der Waals surface area contributed by atoms with Crippen molar-refractivity contribution < 1.29 is 5.11 Å². The predicted octanol–water partition coefficient (Wildman–Crippen LogP) is 0.709. The van der Waals surface area contributed by atoms with E-state index in [9.17, 15) is 14.7 Å². The van der Waals surface area contributed by atoms with E-state index in [0.29, 0.717) is 29.4 Å². The Bertz CT molecular complexity index is 1190. The van der Waals surface area contributed by atoms with Gasteiger partial charge in [-0.25, -0.2) is 23.5 Å². The SMILES string of the molecule is O=c1n(-c2ccccc2)c(=O)n2n1[C@@H]1[C@@H]3[C@@H]4[C@@H]3[C@H]3[C@@]15C=C[C@H](O)C[C@]35[C@@H]42. The van der Waals surface area contributed by atoms with Crippen LogP contribution in [-0.2, 0) is 0 Å². The zero-order valence-electron chi connectivity index (χ0n) is 13.9. The van der Waals surface area contributed by atoms with Crippen molar-refractivity contribution in [2.24, 2.45) is 34.5 Å². The molecule has 7 aliphatic rings. The maximum absolute atomic E-state index is 13.3. The van der Waals surface area contributed by atoms with Crippen molar-refractivity contribution in [3.05, 3.63) is 63.5 Å². The molecular formula is C20H17N3O3. The summed E-state index contributed by atoms with van der Waals surface area (Å²) < 4.78 is 4.93. The van der Waals surface area contributed by atoms with Crippen molar-refractivity contribution in [1.29, 1.82) is 0 Å². The summed E-state index contributed by atoms with van der Waals surface area (Å²) in [5.74, 6) is 2.30. The fourth-order valence-corrected chi connectivity index (χ4v) is 8.52. The second-order valence-corrected chi connectivity index (χ2v) is 9.13. The van der Waals surface area contributed by atoms with E-state index >= 15 is 0 Å². The Balaban J connectivity index is 1.47. The lowest BCUT2D eigenvalue weighted by atomic mass is 9.67. The molecule has 0 radical (unpaired) electrons. The van der Waals surface area contributed by atoms with Crippen molar-refractivity contribution in [2.75, 3.05) is 0 Å².